The average Bonchev–Trinajstić information content (AvgIpc) is 3.07. The molecule has 1 aliphatic rings. The highest BCUT2D eigenvalue weighted by molar-refractivity contribution is 5.81. The molecule has 0 radical (unpaired) electrons. The lowest BCUT2D eigenvalue weighted by atomic mass is 10.1. The standard InChI is InChI=1S/C16H31N3O3/c1-15(2,3)19(14(21)22-16(4,5)6)10-12(13(17)20)18-9-11-7-8-11/h11-12,18H,7-10H2,1-6H3,(H2,17,20). The minimum absolute atomic E-state index is 0.209. The maximum absolute atomic E-state index is 12.4. The highest BCUT2D eigenvalue weighted by atomic mass is 16.6. The van der Waals surface area contributed by atoms with Crippen LogP contribution in [0.15, 0.2) is 0 Å². The first-order valence-electron chi connectivity index (χ1n) is 7.93. The molecule has 2 amide bonds. The van der Waals surface area contributed by atoms with E-state index < -0.39 is 29.2 Å². The van der Waals surface area contributed by atoms with Crippen molar-refractivity contribution in [2.24, 2.45) is 11.7 Å². The molecule has 1 unspecified atom stereocenters. The van der Waals surface area contributed by atoms with Gasteiger partial charge in [0.15, 0.2) is 0 Å². The predicted octanol–water partition coefficient (Wildman–Crippen LogP) is 1.88. The number of rotatable bonds is 6. The molecule has 0 heterocycles. The summed E-state index contributed by atoms with van der Waals surface area (Å²) >= 11 is 0. The van der Waals surface area contributed by atoms with Crippen molar-refractivity contribution in [3.05, 3.63) is 0 Å². The number of nitrogens with one attached hydrogen (secondary N) is 1. The summed E-state index contributed by atoms with van der Waals surface area (Å²) in [4.78, 5) is 25.7. The topological polar surface area (TPSA) is 84.7 Å². The highest BCUT2D eigenvalue weighted by Gasteiger charge is 2.34. The third kappa shape index (κ3) is 6.64. The maximum atomic E-state index is 12.4. The summed E-state index contributed by atoms with van der Waals surface area (Å²) in [5, 5.41) is 3.18. The second-order valence-corrected chi connectivity index (χ2v) is 8.07. The largest absolute Gasteiger partial charge is 0.444 e. The summed E-state index contributed by atoms with van der Waals surface area (Å²) in [7, 11) is 0. The van der Waals surface area contributed by atoms with Crippen LogP contribution in [0, 0.1) is 5.92 Å². The lowest BCUT2D eigenvalue weighted by Gasteiger charge is -2.38. The van der Waals surface area contributed by atoms with Crippen molar-refractivity contribution >= 4 is 12.0 Å². The molecule has 3 N–H and O–H groups in total. The van der Waals surface area contributed by atoms with Crippen molar-refractivity contribution in [2.45, 2.75) is 71.6 Å². The van der Waals surface area contributed by atoms with Gasteiger partial charge >= 0.3 is 6.09 Å². The minimum Gasteiger partial charge on any atom is -0.444 e. The number of nitrogens with zero attached hydrogens (tertiary/aromatic N) is 1. The third-order valence-electron chi connectivity index (χ3n) is 3.48. The van der Waals surface area contributed by atoms with Gasteiger partial charge in [0.25, 0.3) is 0 Å². The quantitative estimate of drug-likeness (QED) is 0.784. The second kappa shape index (κ2) is 6.86. The fourth-order valence-corrected chi connectivity index (χ4v) is 2.01. The first-order valence-corrected chi connectivity index (χ1v) is 7.93. The van der Waals surface area contributed by atoms with Gasteiger partial charge in [0.05, 0.1) is 0 Å². The average molecular weight is 313 g/mol. The van der Waals surface area contributed by atoms with Crippen molar-refractivity contribution in [1.29, 1.82) is 0 Å². The van der Waals surface area contributed by atoms with E-state index in [-0.39, 0.29) is 6.54 Å². The first-order chi connectivity index (χ1) is 9.90. The number of nitrogens with two attached hydrogens (primary N) is 1. The molecule has 6 nitrogen and oxygen atoms in total. The van der Waals surface area contributed by atoms with Crippen molar-refractivity contribution < 1.29 is 14.3 Å². The minimum atomic E-state index is -0.579. The molecule has 0 aromatic rings. The Hall–Kier alpha value is -1.30. The summed E-state index contributed by atoms with van der Waals surface area (Å²) in [6.45, 7) is 12.2. The molecule has 1 fully saturated rings. The van der Waals surface area contributed by atoms with Crippen LogP contribution in [-0.2, 0) is 9.53 Å². The molecule has 1 saturated carbocycles. The van der Waals surface area contributed by atoms with E-state index >= 15 is 0 Å². The predicted molar refractivity (Wildman–Crippen MR) is 86.4 cm³/mol. The van der Waals surface area contributed by atoms with Crippen LogP contribution in [0.2, 0.25) is 0 Å². The van der Waals surface area contributed by atoms with E-state index in [1.807, 2.05) is 41.5 Å². The summed E-state index contributed by atoms with van der Waals surface area (Å²) in [5.41, 5.74) is 4.44. The molecule has 0 bridgehead atoms. The Bertz CT molecular complexity index is 406. The normalized spacial score (nSPS) is 17.0. The van der Waals surface area contributed by atoms with Crippen LogP contribution in [0.25, 0.3) is 0 Å². The van der Waals surface area contributed by atoms with Gasteiger partial charge in [-0.3, -0.25) is 4.79 Å². The zero-order valence-corrected chi connectivity index (χ0v) is 14.7. The lowest BCUT2D eigenvalue weighted by molar-refractivity contribution is -0.120. The van der Waals surface area contributed by atoms with E-state index in [1.165, 1.54) is 12.8 Å². The molecule has 0 aromatic heterocycles. The zero-order valence-electron chi connectivity index (χ0n) is 14.7. The number of ether oxygens (including phenoxy) is 1. The van der Waals surface area contributed by atoms with Gasteiger partial charge < -0.3 is 20.7 Å². The van der Waals surface area contributed by atoms with Gasteiger partial charge in [-0.2, -0.15) is 0 Å². The Morgan fingerprint density at radius 1 is 1.23 bits per heavy atom. The molecular weight excluding hydrogens is 282 g/mol. The summed E-state index contributed by atoms with van der Waals surface area (Å²) in [6.07, 6.45) is 1.95. The van der Waals surface area contributed by atoms with Gasteiger partial charge in [-0.05, 0) is 66.8 Å². The zero-order chi connectivity index (χ0) is 17.1. The molecule has 0 spiro atoms. The van der Waals surface area contributed by atoms with Crippen LogP contribution >= 0.6 is 0 Å². The number of hydrogen-bond acceptors (Lipinski definition) is 4. The maximum Gasteiger partial charge on any atom is 0.410 e. The van der Waals surface area contributed by atoms with Crippen LogP contribution in [-0.4, -0.2) is 47.2 Å². The van der Waals surface area contributed by atoms with Gasteiger partial charge in [-0.15, -0.1) is 0 Å². The molecule has 6 heteroatoms. The van der Waals surface area contributed by atoms with Crippen LogP contribution in [0.1, 0.15) is 54.4 Å². The van der Waals surface area contributed by atoms with E-state index in [0.717, 1.165) is 6.54 Å². The number of amides is 2. The van der Waals surface area contributed by atoms with Gasteiger partial charge in [0.1, 0.15) is 11.6 Å². The summed E-state index contributed by atoms with van der Waals surface area (Å²) < 4.78 is 5.45. The van der Waals surface area contributed by atoms with Crippen molar-refractivity contribution in [2.75, 3.05) is 13.1 Å². The van der Waals surface area contributed by atoms with Crippen LogP contribution < -0.4 is 11.1 Å². The fourth-order valence-electron chi connectivity index (χ4n) is 2.01. The second-order valence-electron chi connectivity index (χ2n) is 8.07. The van der Waals surface area contributed by atoms with Crippen LogP contribution in [0.5, 0.6) is 0 Å². The smallest absolute Gasteiger partial charge is 0.410 e. The Labute approximate surface area is 133 Å². The monoisotopic (exact) mass is 313 g/mol. The molecule has 1 rings (SSSR count). The molecule has 0 aromatic carbocycles. The van der Waals surface area contributed by atoms with E-state index in [1.54, 1.807) is 4.90 Å². The van der Waals surface area contributed by atoms with Crippen LogP contribution in [0.4, 0.5) is 4.79 Å². The SMILES string of the molecule is CC(C)(C)OC(=O)N(CC(NCC1CC1)C(N)=O)C(C)(C)C. The summed E-state index contributed by atoms with van der Waals surface area (Å²) in [5.74, 6) is 0.185. The van der Waals surface area contributed by atoms with Gasteiger partial charge in [-0.1, -0.05) is 0 Å². The number of carbonyl (C=O) groups excluding carboxylic acids is 2. The van der Waals surface area contributed by atoms with E-state index in [9.17, 15) is 9.59 Å². The number of carbonyl (C=O) groups is 2. The van der Waals surface area contributed by atoms with Gasteiger partial charge in [0.2, 0.25) is 5.91 Å². The molecular formula is C16H31N3O3. The molecule has 1 atom stereocenters. The van der Waals surface area contributed by atoms with Crippen molar-refractivity contribution in [1.82, 2.24) is 10.2 Å². The van der Waals surface area contributed by atoms with Crippen molar-refractivity contribution in [3.8, 4) is 0 Å². The van der Waals surface area contributed by atoms with Gasteiger partial charge in [0, 0.05) is 12.1 Å². The molecule has 1 aliphatic carbocycles. The van der Waals surface area contributed by atoms with E-state index in [4.69, 9.17) is 10.5 Å². The van der Waals surface area contributed by atoms with Crippen molar-refractivity contribution in [3.63, 3.8) is 0 Å². The van der Waals surface area contributed by atoms with Crippen LogP contribution in [0.3, 0.4) is 0 Å². The highest BCUT2D eigenvalue weighted by Crippen LogP contribution is 2.27. The Morgan fingerprint density at radius 2 is 1.77 bits per heavy atom. The molecule has 22 heavy (non-hydrogen) atoms. The Kier molecular flexibility index (Phi) is 5.84. The van der Waals surface area contributed by atoms with E-state index in [2.05, 4.69) is 5.32 Å². The first kappa shape index (κ1) is 18.7. The summed E-state index contributed by atoms with van der Waals surface area (Å²) in [6, 6.07) is -0.563. The molecule has 128 valence electrons. The molecule has 0 aliphatic heterocycles. The Morgan fingerprint density at radius 3 is 2.14 bits per heavy atom. The Balaban J connectivity index is 2.76. The van der Waals surface area contributed by atoms with Gasteiger partial charge in [-0.25, -0.2) is 4.79 Å². The lowest BCUT2D eigenvalue weighted by Crippen LogP contribution is -2.56. The van der Waals surface area contributed by atoms with E-state index in [0.29, 0.717) is 5.92 Å². The molecule has 0 saturated heterocycles. The third-order valence-corrected chi connectivity index (χ3v) is 3.48. The fraction of sp³-hybridized carbons (Fsp3) is 0.875. The number of primary amides is 1. The number of hydrogen-bond donors (Lipinski definition) is 2.